The van der Waals surface area contributed by atoms with E-state index >= 15 is 0 Å². The molecule has 1 aliphatic heterocycles. The number of ether oxygens (including phenoxy) is 1. The largest absolute Gasteiger partial charge is 0.376 e. The minimum absolute atomic E-state index is 0.160. The Hall–Kier alpha value is -2.45. The number of non-ortho nitro benzene ring substituents is 1. The molecule has 0 saturated heterocycles. The van der Waals surface area contributed by atoms with Gasteiger partial charge in [-0.05, 0) is 6.07 Å². The van der Waals surface area contributed by atoms with Gasteiger partial charge in [0, 0.05) is 29.8 Å². The van der Waals surface area contributed by atoms with E-state index in [1.54, 1.807) is 0 Å². The third-order valence-electron chi connectivity index (χ3n) is 3.32. The van der Waals surface area contributed by atoms with Crippen LogP contribution in [0, 0.1) is 10.1 Å². The van der Waals surface area contributed by atoms with Crippen LogP contribution >= 0.6 is 11.6 Å². The van der Waals surface area contributed by atoms with Gasteiger partial charge in [0.25, 0.3) is 11.6 Å². The second kappa shape index (κ2) is 5.74. The van der Waals surface area contributed by atoms with Crippen LogP contribution in [0.4, 0.5) is 11.4 Å². The summed E-state index contributed by atoms with van der Waals surface area (Å²) >= 11 is 5.96. The number of H-pyrrole nitrogens is 1. The fraction of sp³-hybridized carbons (Fsp3) is 0.231. The number of nitro groups is 1. The number of nitrogens with zero attached hydrogens (tertiary/aromatic N) is 2. The maximum atomic E-state index is 12.3. The molecule has 0 saturated carbocycles. The van der Waals surface area contributed by atoms with Crippen LogP contribution in [0.5, 0.6) is 0 Å². The summed E-state index contributed by atoms with van der Waals surface area (Å²) in [4.78, 5) is 22.5. The first-order chi connectivity index (χ1) is 10.6. The first kappa shape index (κ1) is 14.5. The highest BCUT2D eigenvalue weighted by Gasteiger charge is 2.23. The van der Waals surface area contributed by atoms with E-state index < -0.39 is 10.8 Å². The molecular formula is C13H11ClN4O4. The van der Waals surface area contributed by atoms with Crippen molar-refractivity contribution < 1.29 is 14.5 Å². The number of halogens is 1. The van der Waals surface area contributed by atoms with Crippen LogP contribution in [0.3, 0.4) is 0 Å². The van der Waals surface area contributed by atoms with E-state index in [0.717, 1.165) is 5.69 Å². The molecule has 1 aliphatic rings. The number of nitrogens with one attached hydrogen (secondary N) is 2. The van der Waals surface area contributed by atoms with Gasteiger partial charge in [0.2, 0.25) is 0 Å². The smallest absolute Gasteiger partial charge is 0.276 e. The Balaban J connectivity index is 1.87. The number of aromatic amines is 1. The van der Waals surface area contributed by atoms with Crippen LogP contribution in [0.15, 0.2) is 18.2 Å². The summed E-state index contributed by atoms with van der Waals surface area (Å²) in [5.41, 5.74) is 1.77. The lowest BCUT2D eigenvalue weighted by Crippen LogP contribution is -2.17. The van der Waals surface area contributed by atoms with Gasteiger partial charge in [0.1, 0.15) is 0 Å². The van der Waals surface area contributed by atoms with Crippen molar-refractivity contribution in [2.75, 3.05) is 11.9 Å². The summed E-state index contributed by atoms with van der Waals surface area (Å²) in [6.07, 6.45) is 0.660. The molecule has 0 bridgehead atoms. The molecule has 0 aliphatic carbocycles. The van der Waals surface area contributed by atoms with Crippen molar-refractivity contribution in [2.24, 2.45) is 0 Å². The molecule has 0 spiro atoms. The van der Waals surface area contributed by atoms with E-state index in [1.165, 1.54) is 18.2 Å². The highest BCUT2D eigenvalue weighted by Crippen LogP contribution is 2.27. The minimum atomic E-state index is -0.559. The molecule has 8 nitrogen and oxygen atoms in total. The Morgan fingerprint density at radius 2 is 2.32 bits per heavy atom. The van der Waals surface area contributed by atoms with Gasteiger partial charge in [0.15, 0.2) is 5.69 Å². The molecule has 1 amide bonds. The third kappa shape index (κ3) is 2.66. The number of carbonyl (C=O) groups excluding carboxylic acids is 1. The van der Waals surface area contributed by atoms with E-state index in [0.29, 0.717) is 25.2 Å². The van der Waals surface area contributed by atoms with Crippen molar-refractivity contribution in [1.29, 1.82) is 0 Å². The van der Waals surface area contributed by atoms with Gasteiger partial charge >= 0.3 is 0 Å². The topological polar surface area (TPSA) is 110 Å². The summed E-state index contributed by atoms with van der Waals surface area (Å²) in [7, 11) is 0. The molecule has 2 heterocycles. The standard InChI is InChI=1S/C13H11ClN4O4/c14-9-2-1-7(18(20)21)5-11(9)15-13(19)12-8-6-22-4-3-10(8)16-17-12/h1-2,5H,3-4,6H2,(H,15,19)(H,16,17). The Labute approximate surface area is 129 Å². The maximum absolute atomic E-state index is 12.3. The zero-order chi connectivity index (χ0) is 15.7. The normalized spacial score (nSPS) is 13.5. The average Bonchev–Trinajstić information content (AvgIpc) is 2.93. The van der Waals surface area contributed by atoms with Crippen molar-refractivity contribution in [3.8, 4) is 0 Å². The summed E-state index contributed by atoms with van der Waals surface area (Å²) in [6.45, 7) is 0.879. The molecule has 1 aromatic heterocycles. The Morgan fingerprint density at radius 1 is 1.50 bits per heavy atom. The molecule has 114 valence electrons. The zero-order valence-electron chi connectivity index (χ0n) is 11.3. The van der Waals surface area contributed by atoms with Crippen molar-refractivity contribution in [3.05, 3.63) is 50.3 Å². The molecule has 2 aromatic rings. The number of aromatic nitrogens is 2. The van der Waals surface area contributed by atoms with E-state index in [4.69, 9.17) is 16.3 Å². The van der Waals surface area contributed by atoms with E-state index in [-0.39, 0.29) is 22.1 Å². The Kier molecular flexibility index (Phi) is 3.78. The monoisotopic (exact) mass is 322 g/mol. The second-order valence-electron chi connectivity index (χ2n) is 4.71. The Morgan fingerprint density at radius 3 is 3.09 bits per heavy atom. The molecule has 0 fully saturated rings. The lowest BCUT2D eigenvalue weighted by Gasteiger charge is -2.12. The molecule has 2 N–H and O–H groups in total. The molecule has 22 heavy (non-hydrogen) atoms. The average molecular weight is 323 g/mol. The van der Waals surface area contributed by atoms with E-state index in [2.05, 4.69) is 15.5 Å². The van der Waals surface area contributed by atoms with Gasteiger partial charge < -0.3 is 10.1 Å². The summed E-state index contributed by atoms with van der Waals surface area (Å²) in [5.74, 6) is -0.495. The molecule has 3 rings (SSSR count). The fourth-order valence-electron chi connectivity index (χ4n) is 2.20. The van der Waals surface area contributed by atoms with Crippen LogP contribution in [0.1, 0.15) is 21.7 Å². The van der Waals surface area contributed by atoms with Crippen LogP contribution in [-0.4, -0.2) is 27.6 Å². The number of amides is 1. The predicted octanol–water partition coefficient (Wildman–Crippen LogP) is 2.30. The van der Waals surface area contributed by atoms with Crippen molar-refractivity contribution in [3.63, 3.8) is 0 Å². The summed E-state index contributed by atoms with van der Waals surface area (Å²) < 4.78 is 5.31. The first-order valence-corrected chi connectivity index (χ1v) is 6.83. The number of anilines is 1. The second-order valence-corrected chi connectivity index (χ2v) is 5.11. The molecule has 9 heteroatoms. The minimum Gasteiger partial charge on any atom is -0.376 e. The predicted molar refractivity (Wildman–Crippen MR) is 78.0 cm³/mol. The summed E-state index contributed by atoms with van der Waals surface area (Å²) in [5, 5.41) is 20.3. The number of carbonyl (C=O) groups is 1. The molecule has 0 atom stereocenters. The van der Waals surface area contributed by atoms with Crippen LogP contribution in [-0.2, 0) is 17.8 Å². The van der Waals surface area contributed by atoms with Gasteiger partial charge in [-0.1, -0.05) is 11.6 Å². The van der Waals surface area contributed by atoms with Gasteiger partial charge in [-0.3, -0.25) is 20.0 Å². The molecule has 0 unspecified atom stereocenters. The van der Waals surface area contributed by atoms with Crippen molar-refractivity contribution in [1.82, 2.24) is 10.2 Å². The number of nitro benzene ring substituents is 1. The molecule has 1 aromatic carbocycles. The Bertz CT molecular complexity index is 758. The van der Waals surface area contributed by atoms with Crippen LogP contribution in [0.25, 0.3) is 0 Å². The third-order valence-corrected chi connectivity index (χ3v) is 3.65. The quantitative estimate of drug-likeness (QED) is 0.665. The zero-order valence-corrected chi connectivity index (χ0v) is 12.0. The molecular weight excluding hydrogens is 312 g/mol. The van der Waals surface area contributed by atoms with E-state index in [9.17, 15) is 14.9 Å². The van der Waals surface area contributed by atoms with Crippen LogP contribution in [0.2, 0.25) is 5.02 Å². The number of rotatable bonds is 3. The number of benzene rings is 1. The maximum Gasteiger partial charge on any atom is 0.276 e. The highest BCUT2D eigenvalue weighted by atomic mass is 35.5. The SMILES string of the molecule is O=C(Nc1cc([N+](=O)[O-])ccc1Cl)c1n[nH]c2c1COCC2. The van der Waals surface area contributed by atoms with Gasteiger partial charge in [-0.25, -0.2) is 0 Å². The molecule has 0 radical (unpaired) electrons. The summed E-state index contributed by atoms with van der Waals surface area (Å²) in [6, 6.07) is 3.83. The number of hydrogen-bond donors (Lipinski definition) is 2. The number of fused-ring (bicyclic) bond motifs is 1. The highest BCUT2D eigenvalue weighted by molar-refractivity contribution is 6.34. The van der Waals surface area contributed by atoms with Gasteiger partial charge in [0.05, 0.1) is 28.8 Å². The van der Waals surface area contributed by atoms with Crippen molar-refractivity contribution in [2.45, 2.75) is 13.0 Å². The van der Waals surface area contributed by atoms with Crippen LogP contribution < -0.4 is 5.32 Å². The van der Waals surface area contributed by atoms with Gasteiger partial charge in [-0.2, -0.15) is 5.10 Å². The fourth-order valence-corrected chi connectivity index (χ4v) is 2.37. The van der Waals surface area contributed by atoms with E-state index in [1.807, 2.05) is 0 Å². The van der Waals surface area contributed by atoms with Gasteiger partial charge in [-0.15, -0.1) is 0 Å². The number of hydrogen-bond acceptors (Lipinski definition) is 5. The lowest BCUT2D eigenvalue weighted by atomic mass is 10.1. The van der Waals surface area contributed by atoms with Crippen molar-refractivity contribution >= 4 is 28.9 Å². The first-order valence-electron chi connectivity index (χ1n) is 6.45. The lowest BCUT2D eigenvalue weighted by molar-refractivity contribution is -0.384.